The van der Waals surface area contributed by atoms with Crippen LogP contribution in [0.2, 0.25) is 0 Å². The van der Waals surface area contributed by atoms with E-state index in [1.165, 1.54) is 12.8 Å². The van der Waals surface area contributed by atoms with Crippen LogP contribution in [-0.4, -0.2) is 33.6 Å². The minimum atomic E-state index is -0.383. The highest BCUT2D eigenvalue weighted by molar-refractivity contribution is 5.18. The topological polar surface area (TPSA) is 60.7 Å². The number of rotatable bonds is 0. The summed E-state index contributed by atoms with van der Waals surface area (Å²) in [6.07, 6.45) is 6.05. The molecule has 9 atom stereocenters. The van der Waals surface area contributed by atoms with Crippen LogP contribution in [0.15, 0.2) is 0 Å². The molecule has 3 N–H and O–H groups in total. The first-order valence-corrected chi connectivity index (χ1v) is 10.5. The number of hydrogen-bond acceptors (Lipinski definition) is 3. The third-order valence-electron chi connectivity index (χ3n) is 10.3. The summed E-state index contributed by atoms with van der Waals surface area (Å²) in [6.45, 7) is 11.8. The first-order valence-electron chi connectivity index (χ1n) is 10.5. The van der Waals surface area contributed by atoms with Crippen LogP contribution < -0.4 is 0 Å². The average molecular weight is 351 g/mol. The van der Waals surface area contributed by atoms with Gasteiger partial charge in [-0.15, -0.1) is 0 Å². The van der Waals surface area contributed by atoms with Crippen molar-refractivity contribution in [1.82, 2.24) is 0 Å². The van der Waals surface area contributed by atoms with Gasteiger partial charge in [0.25, 0.3) is 0 Å². The molecule has 0 aromatic rings. The smallest absolute Gasteiger partial charge is 0.0601 e. The highest BCUT2D eigenvalue weighted by Gasteiger charge is 2.70. The van der Waals surface area contributed by atoms with Gasteiger partial charge < -0.3 is 15.3 Å². The second-order valence-electron chi connectivity index (χ2n) is 11.3. The lowest BCUT2D eigenvalue weighted by Crippen LogP contribution is -2.66. The summed E-state index contributed by atoms with van der Waals surface area (Å²) in [4.78, 5) is 0. The molecule has 25 heavy (non-hydrogen) atoms. The van der Waals surface area contributed by atoms with Crippen LogP contribution in [0.3, 0.4) is 0 Å². The minimum absolute atomic E-state index is 0.0307. The van der Waals surface area contributed by atoms with E-state index < -0.39 is 0 Å². The van der Waals surface area contributed by atoms with Gasteiger partial charge in [0.15, 0.2) is 0 Å². The van der Waals surface area contributed by atoms with E-state index in [1.54, 1.807) is 0 Å². The molecule has 4 fully saturated rings. The molecule has 0 heterocycles. The highest BCUT2D eigenvalue weighted by atomic mass is 16.3. The molecule has 0 aromatic heterocycles. The molecule has 0 bridgehead atoms. The Bertz CT molecular complexity index is 559. The number of aliphatic hydroxyl groups excluding tert-OH is 3. The van der Waals surface area contributed by atoms with Gasteiger partial charge in [-0.05, 0) is 78.4 Å². The Labute approximate surface area is 153 Å². The van der Waals surface area contributed by atoms with Crippen LogP contribution in [0, 0.1) is 39.4 Å². The third kappa shape index (κ3) is 2.04. The van der Waals surface area contributed by atoms with Crippen molar-refractivity contribution in [2.24, 2.45) is 39.4 Å². The fourth-order valence-corrected chi connectivity index (χ4v) is 8.71. The van der Waals surface area contributed by atoms with E-state index >= 15 is 0 Å². The summed E-state index contributed by atoms with van der Waals surface area (Å²) >= 11 is 0. The molecule has 4 rings (SSSR count). The lowest BCUT2D eigenvalue weighted by atomic mass is 9.35. The zero-order valence-corrected chi connectivity index (χ0v) is 16.8. The van der Waals surface area contributed by atoms with Crippen LogP contribution in [0.25, 0.3) is 0 Å². The number of hydrogen-bond donors (Lipinski definition) is 3. The molecule has 0 saturated heterocycles. The fourth-order valence-electron chi connectivity index (χ4n) is 8.71. The van der Waals surface area contributed by atoms with E-state index in [-0.39, 0.29) is 45.9 Å². The van der Waals surface area contributed by atoms with Gasteiger partial charge in [0.05, 0.1) is 18.3 Å². The molecule has 0 spiro atoms. The molecular formula is C22H38O3. The van der Waals surface area contributed by atoms with Gasteiger partial charge in [0.2, 0.25) is 0 Å². The summed E-state index contributed by atoms with van der Waals surface area (Å²) in [5, 5.41) is 32.3. The maximum Gasteiger partial charge on any atom is 0.0601 e. The molecule has 4 aliphatic carbocycles. The molecule has 3 heteroatoms. The molecule has 0 aliphatic heterocycles. The number of fused-ring (bicyclic) bond motifs is 5. The molecular weight excluding hydrogens is 312 g/mol. The molecule has 0 amide bonds. The first kappa shape index (κ1) is 18.3. The number of aliphatic hydroxyl groups is 3. The summed E-state index contributed by atoms with van der Waals surface area (Å²) < 4.78 is 0. The second kappa shape index (κ2) is 5.23. The van der Waals surface area contributed by atoms with Crippen molar-refractivity contribution in [1.29, 1.82) is 0 Å². The maximum atomic E-state index is 11.0. The Morgan fingerprint density at radius 2 is 1.32 bits per heavy atom. The lowest BCUT2D eigenvalue weighted by molar-refractivity contribution is -0.244. The van der Waals surface area contributed by atoms with Gasteiger partial charge in [0.1, 0.15) is 0 Å². The first-order chi connectivity index (χ1) is 11.5. The Balaban J connectivity index is 1.78. The predicted octanol–water partition coefficient (Wildman–Crippen LogP) is 3.75. The quantitative estimate of drug-likeness (QED) is 0.623. The molecule has 0 aromatic carbocycles. The molecule has 0 unspecified atom stereocenters. The Hall–Kier alpha value is -0.120. The van der Waals surface area contributed by atoms with Crippen molar-refractivity contribution in [3.05, 3.63) is 0 Å². The second-order valence-corrected chi connectivity index (χ2v) is 11.3. The summed E-state index contributed by atoms with van der Waals surface area (Å²) in [5.74, 6) is 1.03. The van der Waals surface area contributed by atoms with E-state index in [1.807, 2.05) is 0 Å². The lowest BCUT2D eigenvalue weighted by Gasteiger charge is -2.70. The van der Waals surface area contributed by atoms with Gasteiger partial charge >= 0.3 is 0 Å². The van der Waals surface area contributed by atoms with Crippen LogP contribution >= 0.6 is 0 Å². The van der Waals surface area contributed by atoms with E-state index in [9.17, 15) is 15.3 Å². The van der Waals surface area contributed by atoms with Crippen molar-refractivity contribution in [2.45, 2.75) is 97.9 Å². The maximum absolute atomic E-state index is 11.0. The summed E-state index contributed by atoms with van der Waals surface area (Å²) in [6, 6.07) is 0. The molecule has 3 nitrogen and oxygen atoms in total. The Morgan fingerprint density at radius 3 is 2.00 bits per heavy atom. The van der Waals surface area contributed by atoms with Gasteiger partial charge in [-0.25, -0.2) is 0 Å². The van der Waals surface area contributed by atoms with Crippen LogP contribution in [-0.2, 0) is 0 Å². The van der Waals surface area contributed by atoms with Crippen molar-refractivity contribution < 1.29 is 15.3 Å². The zero-order valence-electron chi connectivity index (χ0n) is 16.8. The molecule has 144 valence electrons. The fraction of sp³-hybridized carbons (Fsp3) is 1.00. The van der Waals surface area contributed by atoms with E-state index in [0.29, 0.717) is 11.8 Å². The Morgan fingerprint density at radius 1 is 0.680 bits per heavy atom. The van der Waals surface area contributed by atoms with E-state index in [4.69, 9.17) is 0 Å². The van der Waals surface area contributed by atoms with Crippen LogP contribution in [0.4, 0.5) is 0 Å². The van der Waals surface area contributed by atoms with E-state index in [2.05, 4.69) is 34.6 Å². The predicted molar refractivity (Wildman–Crippen MR) is 98.9 cm³/mol. The van der Waals surface area contributed by atoms with Crippen molar-refractivity contribution in [2.75, 3.05) is 0 Å². The molecule has 0 radical (unpaired) electrons. The summed E-state index contributed by atoms with van der Waals surface area (Å²) in [7, 11) is 0. The summed E-state index contributed by atoms with van der Waals surface area (Å²) in [5.41, 5.74) is 0.339. The molecule has 4 saturated carbocycles. The van der Waals surface area contributed by atoms with Crippen molar-refractivity contribution >= 4 is 0 Å². The van der Waals surface area contributed by atoms with Gasteiger partial charge in [-0.2, -0.15) is 0 Å². The normalized spacial score (nSPS) is 60.5. The standard InChI is InChI=1S/C22H38O3/c1-19(2)15-7-11-21(4)16(20(15,3)9-8-17(19)25)12-14(24)18-13(23)6-10-22(18,21)5/h13-18,23-25H,6-12H2,1-5H3/t13-,14+,15-,16+,17-,18-,20-,21+,22+/m0/s1. The van der Waals surface area contributed by atoms with Crippen LogP contribution in [0.5, 0.6) is 0 Å². The SMILES string of the molecule is CC1(C)[C@@H](O)CC[C@]2(C)[C@H]3C[C@@H](O)[C@@H]4[C@@H](O)CC[C@@]4(C)[C@]3(C)CC[C@@H]12. The van der Waals surface area contributed by atoms with Gasteiger partial charge in [0, 0.05) is 5.92 Å². The minimum Gasteiger partial charge on any atom is -0.393 e. The third-order valence-corrected chi connectivity index (χ3v) is 10.3. The van der Waals surface area contributed by atoms with Gasteiger partial charge in [-0.1, -0.05) is 34.6 Å². The average Bonchev–Trinajstić information content (AvgIpc) is 2.84. The zero-order chi connectivity index (χ0) is 18.4. The monoisotopic (exact) mass is 350 g/mol. The van der Waals surface area contributed by atoms with E-state index in [0.717, 1.165) is 32.1 Å². The Kier molecular flexibility index (Phi) is 3.82. The highest BCUT2D eigenvalue weighted by Crippen LogP contribution is 2.74. The van der Waals surface area contributed by atoms with Gasteiger partial charge in [-0.3, -0.25) is 0 Å². The van der Waals surface area contributed by atoms with Crippen molar-refractivity contribution in [3.63, 3.8) is 0 Å². The van der Waals surface area contributed by atoms with Crippen molar-refractivity contribution in [3.8, 4) is 0 Å². The van der Waals surface area contributed by atoms with Crippen LogP contribution in [0.1, 0.15) is 79.6 Å². The molecule has 4 aliphatic rings. The largest absolute Gasteiger partial charge is 0.393 e.